The maximum atomic E-state index is 10.6. The molecule has 0 amide bonds. The topological polar surface area (TPSA) is 109 Å². The molecule has 1 aliphatic heterocycles. The summed E-state index contributed by atoms with van der Waals surface area (Å²) in [6.07, 6.45) is 9.29. The van der Waals surface area contributed by atoms with Gasteiger partial charge >= 0.3 is 11.9 Å². The molecule has 2 rings (SSSR count). The normalized spacial score (nSPS) is 16.3. The highest BCUT2D eigenvalue weighted by Crippen LogP contribution is 2.17. The van der Waals surface area contributed by atoms with Gasteiger partial charge in [0, 0.05) is 19.3 Å². The van der Waals surface area contributed by atoms with Crippen molar-refractivity contribution in [1.82, 2.24) is 4.90 Å². The number of carbonyl (C=O) groups is 2. The Labute approximate surface area is 165 Å². The zero-order chi connectivity index (χ0) is 20.8. The van der Waals surface area contributed by atoms with E-state index in [1.165, 1.54) is 32.2 Å². The molecule has 0 bridgehead atoms. The Morgan fingerprint density at radius 1 is 1.29 bits per heavy atom. The molecule has 1 heterocycles. The minimum absolute atomic E-state index is 0.165. The van der Waals surface area contributed by atoms with Gasteiger partial charge in [0.1, 0.15) is 11.5 Å². The number of aliphatic carboxylic acids is 1. The number of benzene rings is 1. The minimum Gasteiger partial charge on any atom is -0.497 e. The van der Waals surface area contributed by atoms with Crippen LogP contribution in [-0.4, -0.2) is 60.1 Å². The van der Waals surface area contributed by atoms with Gasteiger partial charge in [-0.3, -0.25) is 4.90 Å². The highest BCUT2D eigenvalue weighted by Gasteiger charge is 2.14. The van der Waals surface area contributed by atoms with Crippen molar-refractivity contribution >= 4 is 18.2 Å². The van der Waals surface area contributed by atoms with Gasteiger partial charge in [-0.1, -0.05) is 19.1 Å². The molecule has 1 aliphatic rings. The van der Waals surface area contributed by atoms with Gasteiger partial charge in [-0.05, 0) is 56.0 Å². The number of carbonyl (C=O) groups excluding carboxylic acids is 1. The van der Waals surface area contributed by atoms with Crippen molar-refractivity contribution in [2.75, 3.05) is 26.7 Å². The van der Waals surface area contributed by atoms with E-state index in [1.807, 2.05) is 0 Å². The Bertz CT molecular complexity index is 657. The lowest BCUT2D eigenvalue weighted by atomic mass is 9.99. The van der Waals surface area contributed by atoms with Gasteiger partial charge in [0.2, 0.25) is 0 Å². The molecule has 0 aromatic heterocycles. The van der Waals surface area contributed by atoms with Crippen molar-refractivity contribution in [2.45, 2.75) is 26.2 Å². The molecule has 8 nitrogen and oxygen atoms in total. The SMILES string of the molecule is CCCN1CC=CC(CC/C=N/O)C1.COc1ccc(OC(=O)C(=O)O)cc1. The van der Waals surface area contributed by atoms with E-state index in [1.54, 1.807) is 18.3 Å². The number of hydrogen-bond acceptors (Lipinski definition) is 7. The average molecular weight is 392 g/mol. The first-order valence-electron chi connectivity index (χ1n) is 9.14. The molecule has 1 aromatic rings. The number of rotatable bonds is 7. The van der Waals surface area contributed by atoms with Crippen LogP contribution in [-0.2, 0) is 9.59 Å². The molecule has 1 aromatic carbocycles. The zero-order valence-corrected chi connectivity index (χ0v) is 16.3. The van der Waals surface area contributed by atoms with E-state index < -0.39 is 11.9 Å². The monoisotopic (exact) mass is 392 g/mol. The second-order valence-corrected chi connectivity index (χ2v) is 6.19. The van der Waals surface area contributed by atoms with Crippen molar-refractivity contribution in [1.29, 1.82) is 0 Å². The number of nitrogens with zero attached hydrogens (tertiary/aromatic N) is 2. The highest BCUT2D eigenvalue weighted by molar-refractivity contribution is 6.29. The summed E-state index contributed by atoms with van der Waals surface area (Å²) < 4.78 is 9.35. The van der Waals surface area contributed by atoms with Gasteiger partial charge in [-0.15, -0.1) is 5.16 Å². The molecule has 1 atom stereocenters. The van der Waals surface area contributed by atoms with Crippen LogP contribution >= 0.6 is 0 Å². The Hall–Kier alpha value is -2.87. The molecule has 2 N–H and O–H groups in total. The first-order chi connectivity index (χ1) is 13.5. The molecule has 1 unspecified atom stereocenters. The Balaban J connectivity index is 0.000000280. The number of hydrogen-bond donors (Lipinski definition) is 2. The Kier molecular flexibility index (Phi) is 11.0. The van der Waals surface area contributed by atoms with E-state index in [2.05, 4.69) is 33.9 Å². The van der Waals surface area contributed by atoms with Crippen LogP contribution in [0.2, 0.25) is 0 Å². The predicted octanol–water partition coefficient (Wildman–Crippen LogP) is 2.81. The van der Waals surface area contributed by atoms with Crippen LogP contribution in [0.1, 0.15) is 26.2 Å². The van der Waals surface area contributed by atoms with Crippen LogP contribution in [0.3, 0.4) is 0 Å². The Morgan fingerprint density at radius 3 is 2.54 bits per heavy atom. The second kappa shape index (κ2) is 13.3. The Morgan fingerprint density at radius 2 is 1.96 bits per heavy atom. The van der Waals surface area contributed by atoms with Crippen LogP contribution in [0.15, 0.2) is 41.6 Å². The molecule has 0 spiro atoms. The van der Waals surface area contributed by atoms with Gasteiger partial charge in [-0.2, -0.15) is 0 Å². The molecule has 0 aliphatic carbocycles. The summed E-state index contributed by atoms with van der Waals surface area (Å²) in [5.74, 6) is -1.54. The quantitative estimate of drug-likeness (QED) is 0.140. The average Bonchev–Trinajstić information content (AvgIpc) is 2.70. The van der Waals surface area contributed by atoms with E-state index in [-0.39, 0.29) is 5.75 Å². The lowest BCUT2D eigenvalue weighted by molar-refractivity contribution is -0.158. The smallest absolute Gasteiger partial charge is 0.422 e. The summed E-state index contributed by atoms with van der Waals surface area (Å²) in [5, 5.41) is 19.5. The molecule has 0 saturated carbocycles. The lowest BCUT2D eigenvalue weighted by Crippen LogP contribution is -2.33. The molecule has 0 saturated heterocycles. The molecular weight excluding hydrogens is 364 g/mol. The van der Waals surface area contributed by atoms with Crippen LogP contribution < -0.4 is 9.47 Å². The molecule has 8 heteroatoms. The maximum Gasteiger partial charge on any atom is 0.422 e. The van der Waals surface area contributed by atoms with Crippen LogP contribution in [0, 0.1) is 5.92 Å². The fraction of sp³-hybridized carbons (Fsp3) is 0.450. The number of carboxylic acid groups (broad SMARTS) is 1. The first kappa shape index (κ1) is 23.2. The lowest BCUT2D eigenvalue weighted by Gasteiger charge is -2.28. The maximum absolute atomic E-state index is 10.6. The fourth-order valence-corrected chi connectivity index (χ4v) is 2.70. The summed E-state index contributed by atoms with van der Waals surface area (Å²) in [4.78, 5) is 23.2. The number of carboxylic acids is 1. The standard InChI is InChI=1S/C11H20N2O.C9H8O5/c1-2-8-13-9-4-6-11(10-13)5-3-7-12-14;1-13-6-2-4-7(5-3-6)14-9(12)8(10)11/h4,6-7,11,14H,2-3,5,8-10H2,1H3;2-5H,1H3,(H,10,11)/b12-7+;. The van der Waals surface area contributed by atoms with E-state index in [0.29, 0.717) is 11.7 Å². The van der Waals surface area contributed by atoms with Crippen molar-refractivity contribution in [3.63, 3.8) is 0 Å². The molecule has 0 fully saturated rings. The van der Waals surface area contributed by atoms with Crippen molar-refractivity contribution in [3.05, 3.63) is 36.4 Å². The van der Waals surface area contributed by atoms with Gasteiger partial charge in [0.25, 0.3) is 0 Å². The van der Waals surface area contributed by atoms with E-state index in [0.717, 1.165) is 25.9 Å². The summed E-state index contributed by atoms with van der Waals surface area (Å²) in [5.41, 5.74) is 0. The summed E-state index contributed by atoms with van der Waals surface area (Å²) in [7, 11) is 1.50. The van der Waals surface area contributed by atoms with Crippen LogP contribution in [0.5, 0.6) is 11.5 Å². The summed E-state index contributed by atoms with van der Waals surface area (Å²) >= 11 is 0. The highest BCUT2D eigenvalue weighted by atomic mass is 16.6. The third-order valence-electron chi connectivity index (χ3n) is 4.00. The van der Waals surface area contributed by atoms with Crippen molar-refractivity contribution in [2.24, 2.45) is 11.1 Å². The molecular formula is C20H28N2O6. The van der Waals surface area contributed by atoms with Crippen LogP contribution in [0.25, 0.3) is 0 Å². The van der Waals surface area contributed by atoms with Gasteiger partial charge in [0.15, 0.2) is 0 Å². The predicted molar refractivity (Wildman–Crippen MR) is 105 cm³/mol. The van der Waals surface area contributed by atoms with Crippen molar-refractivity contribution in [3.8, 4) is 11.5 Å². The van der Waals surface area contributed by atoms with Gasteiger partial charge in [-0.25, -0.2) is 9.59 Å². The van der Waals surface area contributed by atoms with E-state index in [4.69, 9.17) is 15.1 Å². The summed E-state index contributed by atoms with van der Waals surface area (Å²) in [6, 6.07) is 6.01. The second-order valence-electron chi connectivity index (χ2n) is 6.19. The van der Waals surface area contributed by atoms with E-state index >= 15 is 0 Å². The first-order valence-corrected chi connectivity index (χ1v) is 9.14. The minimum atomic E-state index is -1.62. The summed E-state index contributed by atoms with van der Waals surface area (Å²) in [6.45, 7) is 5.66. The fourth-order valence-electron chi connectivity index (χ4n) is 2.70. The van der Waals surface area contributed by atoms with Gasteiger partial charge < -0.3 is 19.8 Å². The number of methoxy groups -OCH3 is 1. The molecule has 28 heavy (non-hydrogen) atoms. The third kappa shape index (κ3) is 9.18. The van der Waals surface area contributed by atoms with Crippen LogP contribution in [0.4, 0.5) is 0 Å². The molecule has 0 radical (unpaired) electrons. The van der Waals surface area contributed by atoms with Gasteiger partial charge in [0.05, 0.1) is 7.11 Å². The molecule has 154 valence electrons. The number of ether oxygens (including phenoxy) is 2. The van der Waals surface area contributed by atoms with E-state index in [9.17, 15) is 9.59 Å². The number of esters is 1. The zero-order valence-electron chi connectivity index (χ0n) is 16.3. The number of oxime groups is 1. The third-order valence-corrected chi connectivity index (χ3v) is 4.00. The van der Waals surface area contributed by atoms with Crippen molar-refractivity contribution < 1.29 is 29.4 Å². The largest absolute Gasteiger partial charge is 0.497 e.